The summed E-state index contributed by atoms with van der Waals surface area (Å²) in [4.78, 5) is 2.32. The fourth-order valence-corrected chi connectivity index (χ4v) is 8.84. The van der Waals surface area contributed by atoms with Crippen molar-refractivity contribution in [1.82, 2.24) is 4.57 Å². The molecule has 4 nitrogen and oxygen atoms in total. The van der Waals surface area contributed by atoms with Gasteiger partial charge in [0.05, 0.1) is 16.7 Å². The standard InChI is InChI=1S/C52H32N2O2/c1-2-12-39-33(10-1)11-7-14-40(39)34-22-26-36(27-23-34)53(38-30-31-43-42-13-3-5-19-47(42)55-50(43)32-38)37-28-24-35(25-29-37)41-15-8-16-44-45-17-9-21-49-52(45)54(51(41)44)46-18-4-6-20-48(46)56-49/h1-32H. The molecule has 0 radical (unpaired) electrons. The SMILES string of the molecule is c1ccc2c(c1)Oc1cccc3c4cccc(-c5ccc(N(c6ccc(-c7cccc8ccccc78)cc6)c6ccc7c(c6)oc6ccccc67)cc5)c4n-2c13. The number of anilines is 3. The van der Waals surface area contributed by atoms with Crippen LogP contribution < -0.4 is 9.64 Å². The van der Waals surface area contributed by atoms with E-state index < -0.39 is 0 Å². The zero-order valence-corrected chi connectivity index (χ0v) is 30.2. The molecule has 12 rings (SSSR count). The first-order chi connectivity index (χ1) is 27.8. The number of hydrogen-bond acceptors (Lipinski definition) is 3. The van der Waals surface area contributed by atoms with Gasteiger partial charge < -0.3 is 18.6 Å². The van der Waals surface area contributed by atoms with E-state index in [-0.39, 0.29) is 0 Å². The molecule has 4 heteroatoms. The molecular formula is C52H32N2O2. The molecule has 9 aromatic carbocycles. The summed E-state index contributed by atoms with van der Waals surface area (Å²) in [5.74, 6) is 1.74. The number of para-hydroxylation sites is 5. The van der Waals surface area contributed by atoms with Gasteiger partial charge in [0.25, 0.3) is 0 Å². The van der Waals surface area contributed by atoms with Crippen molar-refractivity contribution in [3.8, 4) is 39.4 Å². The maximum atomic E-state index is 6.41. The summed E-state index contributed by atoms with van der Waals surface area (Å²) in [6.45, 7) is 0. The smallest absolute Gasteiger partial charge is 0.152 e. The minimum atomic E-state index is 0.860. The molecule has 1 aliphatic heterocycles. The van der Waals surface area contributed by atoms with E-state index >= 15 is 0 Å². The van der Waals surface area contributed by atoms with Gasteiger partial charge in [0.1, 0.15) is 11.2 Å². The molecule has 11 aromatic rings. The summed E-state index contributed by atoms with van der Waals surface area (Å²) in [7, 11) is 0. The Morgan fingerprint density at radius 1 is 0.375 bits per heavy atom. The van der Waals surface area contributed by atoms with Crippen LogP contribution in [0.4, 0.5) is 17.1 Å². The van der Waals surface area contributed by atoms with Gasteiger partial charge in [0.2, 0.25) is 0 Å². The number of rotatable bonds is 5. The molecule has 0 aliphatic carbocycles. The minimum absolute atomic E-state index is 0.860. The van der Waals surface area contributed by atoms with Gasteiger partial charge in [-0.05, 0) is 88.1 Å². The zero-order valence-electron chi connectivity index (χ0n) is 30.2. The van der Waals surface area contributed by atoms with E-state index in [1.165, 1.54) is 43.8 Å². The number of hydrogen-bond donors (Lipinski definition) is 0. The van der Waals surface area contributed by atoms with Crippen molar-refractivity contribution in [2.75, 3.05) is 4.90 Å². The van der Waals surface area contributed by atoms with Gasteiger partial charge in [-0.25, -0.2) is 0 Å². The molecule has 1 aliphatic rings. The largest absolute Gasteiger partial charge is 0.456 e. The number of aromatic nitrogens is 1. The van der Waals surface area contributed by atoms with Crippen LogP contribution in [0, 0.1) is 0 Å². The maximum absolute atomic E-state index is 6.41. The monoisotopic (exact) mass is 716 g/mol. The molecule has 0 bridgehead atoms. The van der Waals surface area contributed by atoms with Gasteiger partial charge in [-0.1, -0.05) is 127 Å². The highest BCUT2D eigenvalue weighted by Crippen LogP contribution is 2.48. The van der Waals surface area contributed by atoms with Crippen LogP contribution in [0.5, 0.6) is 11.5 Å². The molecule has 0 saturated carbocycles. The first-order valence-corrected chi connectivity index (χ1v) is 19.0. The van der Waals surface area contributed by atoms with Gasteiger partial charge >= 0.3 is 0 Å². The summed E-state index contributed by atoms with van der Waals surface area (Å²) < 4.78 is 15.2. The normalized spacial score (nSPS) is 12.1. The van der Waals surface area contributed by atoms with Crippen molar-refractivity contribution in [1.29, 1.82) is 0 Å². The fourth-order valence-electron chi connectivity index (χ4n) is 8.84. The predicted octanol–water partition coefficient (Wildman–Crippen LogP) is 14.7. The quantitative estimate of drug-likeness (QED) is 0.178. The molecule has 56 heavy (non-hydrogen) atoms. The van der Waals surface area contributed by atoms with Crippen LogP contribution in [-0.4, -0.2) is 4.57 Å². The Balaban J connectivity index is 1.01. The third kappa shape index (κ3) is 4.60. The first-order valence-electron chi connectivity index (χ1n) is 19.0. The molecule has 0 unspecified atom stereocenters. The van der Waals surface area contributed by atoms with Crippen LogP contribution in [0.1, 0.15) is 0 Å². The molecule has 0 spiro atoms. The van der Waals surface area contributed by atoms with Gasteiger partial charge in [-0.15, -0.1) is 0 Å². The molecular weight excluding hydrogens is 685 g/mol. The van der Waals surface area contributed by atoms with Gasteiger partial charge in [0.15, 0.2) is 11.5 Å². The minimum Gasteiger partial charge on any atom is -0.456 e. The maximum Gasteiger partial charge on any atom is 0.152 e. The van der Waals surface area contributed by atoms with Crippen LogP contribution in [0.3, 0.4) is 0 Å². The van der Waals surface area contributed by atoms with E-state index in [4.69, 9.17) is 9.15 Å². The van der Waals surface area contributed by atoms with Crippen LogP contribution >= 0.6 is 0 Å². The molecule has 0 N–H and O–H groups in total. The van der Waals surface area contributed by atoms with Crippen molar-refractivity contribution in [2.45, 2.75) is 0 Å². The predicted molar refractivity (Wildman–Crippen MR) is 231 cm³/mol. The lowest BCUT2D eigenvalue weighted by atomic mass is 9.98. The highest BCUT2D eigenvalue weighted by Gasteiger charge is 2.25. The molecule has 262 valence electrons. The lowest BCUT2D eigenvalue weighted by Crippen LogP contribution is -2.09. The van der Waals surface area contributed by atoms with Crippen molar-refractivity contribution in [2.24, 2.45) is 0 Å². The summed E-state index contributed by atoms with van der Waals surface area (Å²) in [6.07, 6.45) is 0. The summed E-state index contributed by atoms with van der Waals surface area (Å²) in [6, 6.07) is 69.0. The molecule has 0 amide bonds. The van der Waals surface area contributed by atoms with E-state index in [0.29, 0.717) is 0 Å². The third-order valence-corrected chi connectivity index (χ3v) is 11.4. The van der Waals surface area contributed by atoms with E-state index in [1.807, 2.05) is 24.3 Å². The number of fused-ring (bicyclic) bond motifs is 9. The summed E-state index contributed by atoms with van der Waals surface area (Å²) >= 11 is 0. The number of ether oxygens (including phenoxy) is 1. The Bertz CT molecular complexity index is 3330. The number of furan rings is 1. The molecule has 0 saturated heterocycles. The Labute approximate surface area is 322 Å². The second kappa shape index (κ2) is 12.0. The van der Waals surface area contributed by atoms with Crippen LogP contribution in [0.2, 0.25) is 0 Å². The van der Waals surface area contributed by atoms with Crippen molar-refractivity contribution in [3.63, 3.8) is 0 Å². The number of benzene rings is 9. The average Bonchev–Trinajstić information content (AvgIpc) is 3.81. The first kappa shape index (κ1) is 30.9. The highest BCUT2D eigenvalue weighted by molar-refractivity contribution is 6.16. The molecule has 2 aromatic heterocycles. The average molecular weight is 717 g/mol. The summed E-state index contributed by atoms with van der Waals surface area (Å²) in [5.41, 5.74) is 12.9. The van der Waals surface area contributed by atoms with Gasteiger partial charge in [-0.2, -0.15) is 0 Å². The van der Waals surface area contributed by atoms with Gasteiger partial charge in [0, 0.05) is 50.2 Å². The Morgan fingerprint density at radius 2 is 0.946 bits per heavy atom. The highest BCUT2D eigenvalue weighted by atomic mass is 16.5. The molecule has 0 fully saturated rings. The van der Waals surface area contributed by atoms with Crippen molar-refractivity contribution in [3.05, 3.63) is 194 Å². The van der Waals surface area contributed by atoms with Crippen LogP contribution in [0.15, 0.2) is 199 Å². The summed E-state index contributed by atoms with van der Waals surface area (Å²) in [5, 5.41) is 7.11. The third-order valence-electron chi connectivity index (χ3n) is 11.4. The second-order valence-electron chi connectivity index (χ2n) is 14.5. The lowest BCUT2D eigenvalue weighted by molar-refractivity contribution is 0.476. The topological polar surface area (TPSA) is 30.5 Å². The lowest BCUT2D eigenvalue weighted by Gasteiger charge is -2.26. The van der Waals surface area contributed by atoms with Crippen molar-refractivity contribution >= 4 is 71.6 Å². The Morgan fingerprint density at radius 3 is 1.79 bits per heavy atom. The van der Waals surface area contributed by atoms with E-state index in [2.05, 4.69) is 179 Å². The van der Waals surface area contributed by atoms with E-state index in [0.717, 1.165) is 67.3 Å². The van der Waals surface area contributed by atoms with Crippen molar-refractivity contribution < 1.29 is 9.15 Å². The molecule has 0 atom stereocenters. The fraction of sp³-hybridized carbons (Fsp3) is 0. The second-order valence-corrected chi connectivity index (χ2v) is 14.5. The Hall–Kier alpha value is -7.56. The zero-order chi connectivity index (χ0) is 36.7. The molecule has 3 heterocycles. The Kier molecular flexibility index (Phi) is 6.60. The van der Waals surface area contributed by atoms with Crippen LogP contribution in [0.25, 0.3) is 82.5 Å². The van der Waals surface area contributed by atoms with E-state index in [9.17, 15) is 0 Å². The van der Waals surface area contributed by atoms with Crippen LogP contribution in [-0.2, 0) is 0 Å². The van der Waals surface area contributed by atoms with E-state index in [1.54, 1.807) is 0 Å². The van der Waals surface area contributed by atoms with Gasteiger partial charge in [-0.3, -0.25) is 0 Å². The number of nitrogens with zero attached hydrogens (tertiary/aromatic N) is 2.